The number of nitro groups is 1. The van der Waals surface area contributed by atoms with Crippen LogP contribution in [0.1, 0.15) is 12.0 Å². The lowest BCUT2D eigenvalue weighted by Crippen LogP contribution is -2.05. The molecule has 0 spiro atoms. The van der Waals surface area contributed by atoms with Gasteiger partial charge in [0.05, 0.1) is 16.7 Å². The van der Waals surface area contributed by atoms with E-state index in [0.717, 1.165) is 24.6 Å². The van der Waals surface area contributed by atoms with Gasteiger partial charge in [-0.1, -0.05) is 30.3 Å². The minimum absolute atomic E-state index is 0.00552. The van der Waals surface area contributed by atoms with E-state index in [1.54, 1.807) is 12.1 Å². The van der Waals surface area contributed by atoms with Gasteiger partial charge in [-0.25, -0.2) is 0 Å². The summed E-state index contributed by atoms with van der Waals surface area (Å²) in [6, 6.07) is 13.6. The molecule has 1 N–H and O–H groups in total. The monoisotopic (exact) mass is 314 g/mol. The summed E-state index contributed by atoms with van der Waals surface area (Å²) in [5.74, 6) is 0. The van der Waals surface area contributed by atoms with Gasteiger partial charge in [0.1, 0.15) is 11.2 Å². The van der Waals surface area contributed by atoms with Gasteiger partial charge < -0.3 is 5.32 Å². The van der Waals surface area contributed by atoms with E-state index in [-0.39, 0.29) is 5.69 Å². The van der Waals surface area contributed by atoms with Gasteiger partial charge >= 0.3 is 5.69 Å². The number of nitrogens with zero attached hydrogens (tertiary/aromatic N) is 3. The number of nitrogens with one attached hydrogen (secondary N) is 1. The molecule has 0 saturated heterocycles. The molecular weight excluding hydrogens is 300 g/mol. The molecule has 0 unspecified atom stereocenters. The Hall–Kier alpha value is -2.54. The van der Waals surface area contributed by atoms with Crippen molar-refractivity contribution in [3.8, 4) is 0 Å². The summed E-state index contributed by atoms with van der Waals surface area (Å²) in [5, 5.41) is 14.4. The topological polar surface area (TPSA) is 81.0 Å². The summed E-state index contributed by atoms with van der Waals surface area (Å²) in [5.41, 5.74) is 2.68. The molecule has 1 heterocycles. The Balaban J connectivity index is 1.68. The lowest BCUT2D eigenvalue weighted by molar-refractivity contribution is -0.382. The molecule has 1 aromatic heterocycles. The van der Waals surface area contributed by atoms with Gasteiger partial charge in [-0.05, 0) is 30.5 Å². The van der Waals surface area contributed by atoms with Gasteiger partial charge in [0.25, 0.3) is 0 Å². The zero-order chi connectivity index (χ0) is 15.4. The number of fused-ring (bicyclic) bond motifs is 1. The van der Waals surface area contributed by atoms with Crippen molar-refractivity contribution in [2.75, 3.05) is 11.9 Å². The number of nitro benzene ring substituents is 1. The summed E-state index contributed by atoms with van der Waals surface area (Å²) in [4.78, 5) is 10.9. The van der Waals surface area contributed by atoms with E-state index in [1.807, 2.05) is 18.2 Å². The van der Waals surface area contributed by atoms with Crippen molar-refractivity contribution >= 4 is 34.1 Å². The molecule has 0 aliphatic heterocycles. The van der Waals surface area contributed by atoms with Crippen LogP contribution in [0.3, 0.4) is 0 Å². The quantitative estimate of drug-likeness (QED) is 0.427. The second-order valence-corrected chi connectivity index (χ2v) is 5.40. The van der Waals surface area contributed by atoms with E-state index < -0.39 is 4.92 Å². The average molecular weight is 314 g/mol. The van der Waals surface area contributed by atoms with Gasteiger partial charge in [-0.3, -0.25) is 10.1 Å². The summed E-state index contributed by atoms with van der Waals surface area (Å²) in [7, 11) is 0. The number of benzene rings is 2. The fraction of sp³-hybridized carbons (Fsp3) is 0.200. The van der Waals surface area contributed by atoms with Crippen LogP contribution in [0, 0.1) is 10.1 Å². The summed E-state index contributed by atoms with van der Waals surface area (Å²) < 4.78 is 8.06. The maximum absolute atomic E-state index is 11.3. The predicted octanol–water partition coefficient (Wildman–Crippen LogP) is 3.64. The van der Waals surface area contributed by atoms with Crippen LogP contribution in [-0.2, 0) is 6.42 Å². The minimum atomic E-state index is -0.400. The van der Waals surface area contributed by atoms with Crippen molar-refractivity contribution in [3.63, 3.8) is 0 Å². The Morgan fingerprint density at radius 1 is 1.14 bits per heavy atom. The molecule has 0 aliphatic rings. The molecule has 0 aliphatic carbocycles. The van der Waals surface area contributed by atoms with Gasteiger partial charge in [-0.15, -0.1) is 0 Å². The first kappa shape index (κ1) is 14.4. The number of anilines is 1. The standard InChI is InChI=1S/C15H14N4O2S/c20-19(21)15-13(9-8-12-14(15)18-22-17-12)16-10-4-7-11-5-2-1-3-6-11/h1-3,5-6,8-9,16H,4,7,10H2. The smallest absolute Gasteiger partial charge is 0.321 e. The zero-order valence-corrected chi connectivity index (χ0v) is 12.5. The highest BCUT2D eigenvalue weighted by Crippen LogP contribution is 2.32. The number of aryl methyl sites for hydroxylation is 1. The molecule has 0 radical (unpaired) electrons. The molecule has 0 amide bonds. The Labute approximate surface area is 131 Å². The number of hydrogen-bond donors (Lipinski definition) is 1. The first-order valence-electron chi connectivity index (χ1n) is 6.93. The third kappa shape index (κ3) is 3.04. The van der Waals surface area contributed by atoms with Crippen molar-refractivity contribution in [1.82, 2.24) is 8.75 Å². The molecular formula is C15H14N4O2S. The van der Waals surface area contributed by atoms with Crippen LogP contribution in [0.2, 0.25) is 0 Å². The SMILES string of the molecule is O=[N+]([O-])c1c(NCCCc2ccccc2)ccc2nsnc12. The van der Waals surface area contributed by atoms with E-state index in [9.17, 15) is 10.1 Å². The van der Waals surface area contributed by atoms with Gasteiger partial charge in [0, 0.05) is 6.54 Å². The first-order chi connectivity index (χ1) is 10.8. The average Bonchev–Trinajstić information content (AvgIpc) is 3.00. The van der Waals surface area contributed by atoms with Gasteiger partial charge in [-0.2, -0.15) is 8.75 Å². The van der Waals surface area contributed by atoms with E-state index in [1.165, 1.54) is 5.56 Å². The molecule has 112 valence electrons. The summed E-state index contributed by atoms with van der Waals surface area (Å²) >= 11 is 0.987. The van der Waals surface area contributed by atoms with Crippen LogP contribution >= 0.6 is 11.7 Å². The maximum Gasteiger partial charge on any atom is 0.321 e. The largest absolute Gasteiger partial charge is 0.379 e. The molecule has 0 bridgehead atoms. The molecule has 7 heteroatoms. The van der Waals surface area contributed by atoms with Crippen LogP contribution in [0.5, 0.6) is 0 Å². The molecule has 0 fully saturated rings. The lowest BCUT2D eigenvalue weighted by Gasteiger charge is -2.07. The summed E-state index contributed by atoms with van der Waals surface area (Å²) in [6.45, 7) is 0.665. The highest BCUT2D eigenvalue weighted by Gasteiger charge is 2.21. The summed E-state index contributed by atoms with van der Waals surface area (Å²) in [6.07, 6.45) is 1.83. The number of aromatic nitrogens is 2. The second kappa shape index (κ2) is 6.48. The first-order valence-corrected chi connectivity index (χ1v) is 7.66. The lowest BCUT2D eigenvalue weighted by atomic mass is 10.1. The molecule has 0 saturated carbocycles. The van der Waals surface area contributed by atoms with Crippen LogP contribution in [-0.4, -0.2) is 20.2 Å². The van der Waals surface area contributed by atoms with E-state index in [2.05, 4.69) is 26.2 Å². The fourth-order valence-electron chi connectivity index (χ4n) is 2.33. The minimum Gasteiger partial charge on any atom is -0.379 e. The number of rotatable bonds is 6. The van der Waals surface area contributed by atoms with Crippen molar-refractivity contribution in [1.29, 1.82) is 0 Å². The van der Waals surface area contributed by atoms with Crippen LogP contribution in [0.15, 0.2) is 42.5 Å². The van der Waals surface area contributed by atoms with Gasteiger partial charge in [0.15, 0.2) is 5.52 Å². The van der Waals surface area contributed by atoms with Crippen molar-refractivity contribution in [2.45, 2.75) is 12.8 Å². The van der Waals surface area contributed by atoms with Crippen LogP contribution in [0.25, 0.3) is 11.0 Å². The van der Waals surface area contributed by atoms with Crippen molar-refractivity contribution in [3.05, 3.63) is 58.1 Å². The molecule has 22 heavy (non-hydrogen) atoms. The fourth-order valence-corrected chi connectivity index (χ4v) is 2.86. The zero-order valence-electron chi connectivity index (χ0n) is 11.7. The van der Waals surface area contributed by atoms with Crippen LogP contribution < -0.4 is 5.32 Å². The van der Waals surface area contributed by atoms with Crippen molar-refractivity contribution in [2.24, 2.45) is 0 Å². The second-order valence-electron chi connectivity index (χ2n) is 4.87. The highest BCUT2D eigenvalue weighted by molar-refractivity contribution is 7.00. The Morgan fingerprint density at radius 2 is 1.95 bits per heavy atom. The van der Waals surface area contributed by atoms with Crippen LogP contribution in [0.4, 0.5) is 11.4 Å². The molecule has 2 aromatic carbocycles. The third-order valence-electron chi connectivity index (χ3n) is 3.38. The molecule has 0 atom stereocenters. The van der Waals surface area contributed by atoms with E-state index >= 15 is 0 Å². The number of hydrogen-bond acceptors (Lipinski definition) is 6. The van der Waals surface area contributed by atoms with Gasteiger partial charge in [0.2, 0.25) is 0 Å². The highest BCUT2D eigenvalue weighted by atomic mass is 32.1. The van der Waals surface area contributed by atoms with Crippen molar-refractivity contribution < 1.29 is 4.92 Å². The normalized spacial score (nSPS) is 10.7. The molecule has 6 nitrogen and oxygen atoms in total. The Kier molecular flexibility index (Phi) is 4.24. The van der Waals surface area contributed by atoms with E-state index in [0.29, 0.717) is 23.3 Å². The Morgan fingerprint density at radius 3 is 2.73 bits per heavy atom. The molecule has 3 rings (SSSR count). The maximum atomic E-state index is 11.3. The van der Waals surface area contributed by atoms with E-state index in [4.69, 9.17) is 0 Å². The predicted molar refractivity (Wildman–Crippen MR) is 87.3 cm³/mol. The molecule has 3 aromatic rings. The third-order valence-corrected chi connectivity index (χ3v) is 3.93. The Bertz CT molecular complexity index is 789.